The quantitative estimate of drug-likeness (QED) is 0.747. The van der Waals surface area contributed by atoms with Crippen molar-refractivity contribution in [3.05, 3.63) is 41.8 Å². The fourth-order valence-electron chi connectivity index (χ4n) is 1.26. The van der Waals surface area contributed by atoms with Gasteiger partial charge in [0.2, 0.25) is 11.8 Å². The molecule has 3 nitrogen and oxygen atoms in total. The minimum atomic E-state index is 0.535. The van der Waals surface area contributed by atoms with Crippen molar-refractivity contribution in [1.82, 2.24) is 10.2 Å². The van der Waals surface area contributed by atoms with Crippen molar-refractivity contribution in [2.24, 2.45) is 0 Å². The Morgan fingerprint density at radius 2 is 1.87 bits per heavy atom. The first-order valence-electron chi connectivity index (χ1n) is 4.83. The first-order chi connectivity index (χ1) is 7.29. The summed E-state index contributed by atoms with van der Waals surface area (Å²) in [4.78, 5) is 0. The first-order valence-corrected chi connectivity index (χ1v) is 4.83. The van der Waals surface area contributed by atoms with E-state index in [-0.39, 0.29) is 0 Å². The molecule has 0 aliphatic carbocycles. The van der Waals surface area contributed by atoms with Gasteiger partial charge in [0.25, 0.3) is 0 Å². The van der Waals surface area contributed by atoms with E-state index in [1.807, 2.05) is 44.2 Å². The van der Waals surface area contributed by atoms with E-state index in [9.17, 15) is 0 Å². The second-order valence-corrected chi connectivity index (χ2v) is 3.31. The van der Waals surface area contributed by atoms with Gasteiger partial charge in [-0.2, -0.15) is 0 Å². The smallest absolute Gasteiger partial charge is 0.248 e. The molecule has 0 aliphatic heterocycles. The second-order valence-electron chi connectivity index (χ2n) is 3.31. The van der Waals surface area contributed by atoms with Crippen LogP contribution in [0.1, 0.15) is 18.4 Å². The molecule has 0 atom stereocenters. The molecule has 0 radical (unpaired) electrons. The number of hydrogen-bond acceptors (Lipinski definition) is 3. The van der Waals surface area contributed by atoms with Crippen LogP contribution in [0, 0.1) is 6.92 Å². The van der Waals surface area contributed by atoms with E-state index in [2.05, 4.69) is 10.2 Å². The van der Waals surface area contributed by atoms with E-state index in [1.165, 1.54) is 5.56 Å². The predicted molar refractivity (Wildman–Crippen MR) is 59.2 cm³/mol. The Labute approximate surface area is 88.5 Å². The topological polar surface area (TPSA) is 38.9 Å². The Kier molecular flexibility index (Phi) is 2.63. The Morgan fingerprint density at radius 3 is 2.53 bits per heavy atom. The second kappa shape index (κ2) is 4.09. The number of hydrogen-bond donors (Lipinski definition) is 0. The fraction of sp³-hybridized carbons (Fsp3) is 0.167. The van der Waals surface area contributed by atoms with Gasteiger partial charge in [0.05, 0.1) is 0 Å². The third kappa shape index (κ3) is 2.13. The third-order valence-electron chi connectivity index (χ3n) is 2.05. The molecule has 1 aromatic carbocycles. The summed E-state index contributed by atoms with van der Waals surface area (Å²) in [6.45, 7) is 3.96. The number of benzene rings is 1. The van der Waals surface area contributed by atoms with Crippen molar-refractivity contribution in [3.8, 4) is 11.5 Å². The number of nitrogens with zero attached hydrogens (tertiary/aromatic N) is 2. The van der Waals surface area contributed by atoms with Gasteiger partial charge in [0, 0.05) is 5.56 Å². The lowest BCUT2D eigenvalue weighted by atomic mass is 10.1. The number of aryl methyl sites for hydroxylation is 1. The van der Waals surface area contributed by atoms with Crippen LogP contribution in [0.4, 0.5) is 0 Å². The van der Waals surface area contributed by atoms with Gasteiger partial charge in [0.15, 0.2) is 0 Å². The Hall–Kier alpha value is -1.90. The zero-order valence-corrected chi connectivity index (χ0v) is 8.77. The molecule has 76 valence electrons. The van der Waals surface area contributed by atoms with Gasteiger partial charge in [-0.15, -0.1) is 10.2 Å². The van der Waals surface area contributed by atoms with Crippen molar-refractivity contribution in [2.75, 3.05) is 0 Å². The number of aromatic nitrogens is 2. The normalized spacial score (nSPS) is 11.1. The van der Waals surface area contributed by atoms with Gasteiger partial charge in [-0.1, -0.05) is 23.8 Å². The molecule has 2 aromatic rings. The van der Waals surface area contributed by atoms with Crippen LogP contribution < -0.4 is 0 Å². The minimum absolute atomic E-state index is 0.535. The SMILES string of the molecule is C/C=C/c1nnc(-c2ccc(C)cc2)o1. The molecule has 0 spiro atoms. The molecule has 3 heteroatoms. The van der Waals surface area contributed by atoms with Gasteiger partial charge in [0.1, 0.15) is 0 Å². The molecule has 0 unspecified atom stereocenters. The van der Waals surface area contributed by atoms with Gasteiger partial charge in [-0.3, -0.25) is 0 Å². The van der Waals surface area contributed by atoms with E-state index >= 15 is 0 Å². The van der Waals surface area contributed by atoms with E-state index in [0.717, 1.165) is 5.56 Å². The third-order valence-corrected chi connectivity index (χ3v) is 2.05. The van der Waals surface area contributed by atoms with Crippen LogP contribution in [0.5, 0.6) is 0 Å². The van der Waals surface area contributed by atoms with Crippen molar-refractivity contribution in [1.29, 1.82) is 0 Å². The van der Waals surface area contributed by atoms with Crippen LogP contribution in [0.25, 0.3) is 17.5 Å². The van der Waals surface area contributed by atoms with E-state index < -0.39 is 0 Å². The summed E-state index contributed by atoms with van der Waals surface area (Å²) in [5.74, 6) is 1.09. The average molecular weight is 200 g/mol. The standard InChI is InChI=1S/C12H12N2O/c1-3-4-11-13-14-12(15-11)10-7-5-9(2)6-8-10/h3-8H,1-2H3/b4-3+. The van der Waals surface area contributed by atoms with E-state index in [4.69, 9.17) is 4.42 Å². The maximum Gasteiger partial charge on any atom is 0.248 e. The first kappa shape index (κ1) is 9.65. The maximum absolute atomic E-state index is 5.44. The fourth-order valence-corrected chi connectivity index (χ4v) is 1.26. The molecule has 0 fully saturated rings. The van der Waals surface area contributed by atoms with E-state index in [0.29, 0.717) is 11.8 Å². The number of allylic oxidation sites excluding steroid dienone is 1. The van der Waals surface area contributed by atoms with Crippen LogP contribution in [0.15, 0.2) is 34.8 Å². The van der Waals surface area contributed by atoms with Crippen LogP contribution >= 0.6 is 0 Å². The maximum atomic E-state index is 5.44. The lowest BCUT2D eigenvalue weighted by molar-refractivity contribution is 0.557. The highest BCUT2D eigenvalue weighted by Gasteiger charge is 2.05. The van der Waals surface area contributed by atoms with Gasteiger partial charge in [-0.25, -0.2) is 0 Å². The van der Waals surface area contributed by atoms with Gasteiger partial charge >= 0.3 is 0 Å². The summed E-state index contributed by atoms with van der Waals surface area (Å²) in [5, 5.41) is 7.87. The van der Waals surface area contributed by atoms with E-state index in [1.54, 1.807) is 6.08 Å². The minimum Gasteiger partial charge on any atom is -0.417 e. The highest BCUT2D eigenvalue weighted by Crippen LogP contribution is 2.18. The highest BCUT2D eigenvalue weighted by molar-refractivity contribution is 5.53. The molecule has 0 bridgehead atoms. The Morgan fingerprint density at radius 1 is 1.13 bits per heavy atom. The largest absolute Gasteiger partial charge is 0.417 e. The lowest BCUT2D eigenvalue weighted by Crippen LogP contribution is -1.77. The monoisotopic (exact) mass is 200 g/mol. The molecule has 1 aromatic heterocycles. The molecule has 0 amide bonds. The average Bonchev–Trinajstić information content (AvgIpc) is 2.68. The molecular formula is C12H12N2O. The molecule has 0 saturated carbocycles. The molecule has 1 heterocycles. The highest BCUT2D eigenvalue weighted by atomic mass is 16.4. The van der Waals surface area contributed by atoms with Crippen molar-refractivity contribution in [3.63, 3.8) is 0 Å². The molecular weight excluding hydrogens is 188 g/mol. The van der Waals surface area contributed by atoms with Crippen LogP contribution in [0.3, 0.4) is 0 Å². The lowest BCUT2D eigenvalue weighted by Gasteiger charge is -1.94. The van der Waals surface area contributed by atoms with Crippen molar-refractivity contribution >= 4 is 6.08 Å². The van der Waals surface area contributed by atoms with Crippen LogP contribution in [0.2, 0.25) is 0 Å². The number of rotatable bonds is 2. The summed E-state index contributed by atoms with van der Waals surface area (Å²) in [5.41, 5.74) is 2.16. The molecule has 2 rings (SSSR count). The predicted octanol–water partition coefficient (Wildman–Crippen LogP) is 3.08. The van der Waals surface area contributed by atoms with Gasteiger partial charge in [-0.05, 0) is 32.1 Å². The Bertz CT molecular complexity index is 469. The summed E-state index contributed by atoms with van der Waals surface area (Å²) < 4.78 is 5.44. The Balaban J connectivity index is 2.33. The molecule has 0 saturated heterocycles. The molecule has 0 aliphatic rings. The zero-order chi connectivity index (χ0) is 10.7. The van der Waals surface area contributed by atoms with Crippen molar-refractivity contribution < 1.29 is 4.42 Å². The van der Waals surface area contributed by atoms with Crippen LogP contribution in [-0.2, 0) is 0 Å². The summed E-state index contributed by atoms with van der Waals surface area (Å²) in [6, 6.07) is 7.99. The zero-order valence-electron chi connectivity index (χ0n) is 8.77. The summed E-state index contributed by atoms with van der Waals surface area (Å²) in [7, 11) is 0. The van der Waals surface area contributed by atoms with Gasteiger partial charge < -0.3 is 4.42 Å². The van der Waals surface area contributed by atoms with Crippen LogP contribution in [-0.4, -0.2) is 10.2 Å². The molecule has 15 heavy (non-hydrogen) atoms. The summed E-state index contributed by atoms with van der Waals surface area (Å²) in [6.07, 6.45) is 3.65. The molecule has 0 N–H and O–H groups in total. The van der Waals surface area contributed by atoms with Crippen molar-refractivity contribution in [2.45, 2.75) is 13.8 Å². The summed E-state index contributed by atoms with van der Waals surface area (Å²) >= 11 is 0.